The fraction of sp³-hybridized carbons (Fsp3) is 0.476. The SMILES string of the molecule is C#CC(C1C(C)C2CC(P(c3cccc4ccccc34)c3cccc4ccccc34)C1(CCC)C2)P(C(C)(C)C)C(C)(C)C. The Balaban J connectivity index is 1.61. The fourth-order valence-electron chi connectivity index (χ4n) is 10.2. The Hall–Kier alpha value is -2.18. The molecule has 6 unspecified atom stereocenters. The smallest absolute Gasteiger partial charge is 0.0445 e. The van der Waals surface area contributed by atoms with Crippen LogP contribution in [0.3, 0.4) is 0 Å². The third kappa shape index (κ3) is 5.26. The molecule has 0 saturated heterocycles. The van der Waals surface area contributed by atoms with Gasteiger partial charge in [0, 0.05) is 5.66 Å². The molecule has 6 rings (SSSR count). The molecule has 0 nitrogen and oxygen atoms in total. The van der Waals surface area contributed by atoms with Gasteiger partial charge in [0.05, 0.1) is 0 Å². The fourth-order valence-corrected chi connectivity index (χ4v) is 18.6. The molecular formula is C42H52P2. The van der Waals surface area contributed by atoms with Gasteiger partial charge < -0.3 is 0 Å². The predicted molar refractivity (Wildman–Crippen MR) is 200 cm³/mol. The van der Waals surface area contributed by atoms with Gasteiger partial charge in [0.2, 0.25) is 0 Å². The van der Waals surface area contributed by atoms with E-state index in [1.54, 1.807) is 10.6 Å². The molecule has 2 aliphatic rings. The van der Waals surface area contributed by atoms with Crippen molar-refractivity contribution < 1.29 is 0 Å². The van der Waals surface area contributed by atoms with Crippen LogP contribution in [0.15, 0.2) is 84.9 Å². The molecule has 4 aromatic rings. The van der Waals surface area contributed by atoms with Gasteiger partial charge in [0.25, 0.3) is 0 Å². The number of rotatable bonds is 7. The van der Waals surface area contributed by atoms with Crippen LogP contribution >= 0.6 is 15.8 Å². The van der Waals surface area contributed by atoms with Crippen molar-refractivity contribution in [1.29, 1.82) is 0 Å². The van der Waals surface area contributed by atoms with Crippen LogP contribution in [0.25, 0.3) is 21.5 Å². The van der Waals surface area contributed by atoms with Crippen LogP contribution in [0, 0.1) is 35.5 Å². The third-order valence-corrected chi connectivity index (χ3v) is 18.2. The van der Waals surface area contributed by atoms with E-state index in [9.17, 15) is 0 Å². The first-order chi connectivity index (χ1) is 20.9. The van der Waals surface area contributed by atoms with E-state index in [2.05, 4.69) is 146 Å². The molecule has 4 aromatic carbocycles. The van der Waals surface area contributed by atoms with Gasteiger partial charge >= 0.3 is 0 Å². The molecular weight excluding hydrogens is 566 g/mol. The van der Waals surface area contributed by atoms with Gasteiger partial charge in [-0.1, -0.05) is 161 Å². The first-order valence-electron chi connectivity index (χ1n) is 16.9. The molecule has 0 amide bonds. The van der Waals surface area contributed by atoms with Crippen molar-refractivity contribution in [2.24, 2.45) is 23.2 Å². The number of terminal acetylenes is 1. The molecule has 0 aliphatic heterocycles. The largest absolute Gasteiger partial charge is 0.119 e. The normalized spacial score (nSPS) is 26.1. The van der Waals surface area contributed by atoms with Crippen LogP contribution in [-0.4, -0.2) is 21.6 Å². The van der Waals surface area contributed by atoms with Gasteiger partial charge in [-0.3, -0.25) is 0 Å². The van der Waals surface area contributed by atoms with E-state index in [0.717, 1.165) is 5.92 Å². The van der Waals surface area contributed by atoms with E-state index < -0.39 is 15.8 Å². The number of hydrogen-bond donors (Lipinski definition) is 0. The lowest BCUT2D eigenvalue weighted by molar-refractivity contribution is 0.137. The van der Waals surface area contributed by atoms with Crippen LogP contribution in [0.5, 0.6) is 0 Å². The topological polar surface area (TPSA) is 0 Å². The zero-order chi connectivity index (χ0) is 31.4. The maximum atomic E-state index is 6.76. The van der Waals surface area contributed by atoms with Crippen LogP contribution in [-0.2, 0) is 0 Å². The van der Waals surface area contributed by atoms with Crippen LogP contribution in [0.2, 0.25) is 0 Å². The lowest BCUT2D eigenvalue weighted by atomic mass is 9.66. The maximum absolute atomic E-state index is 6.76. The minimum Gasteiger partial charge on any atom is -0.119 e. The molecule has 0 heterocycles. The predicted octanol–water partition coefficient (Wildman–Crippen LogP) is 11.3. The zero-order valence-electron chi connectivity index (χ0n) is 28.3. The minimum atomic E-state index is -0.639. The average Bonchev–Trinajstić information content (AvgIpc) is 3.47. The summed E-state index contributed by atoms with van der Waals surface area (Å²) in [6.07, 6.45) is 11.9. The maximum Gasteiger partial charge on any atom is 0.0445 e. The van der Waals surface area contributed by atoms with E-state index >= 15 is 0 Å². The summed E-state index contributed by atoms with van der Waals surface area (Å²) in [7, 11) is -1.07. The Bertz CT molecular complexity index is 1580. The first kappa shape index (κ1) is 31.8. The van der Waals surface area contributed by atoms with Crippen LogP contribution in [0.4, 0.5) is 0 Å². The van der Waals surface area contributed by atoms with Crippen molar-refractivity contribution >= 4 is 48.0 Å². The third-order valence-electron chi connectivity index (χ3n) is 11.1. The van der Waals surface area contributed by atoms with Gasteiger partial charge in [0.1, 0.15) is 0 Å². The molecule has 0 N–H and O–H groups in total. The average molecular weight is 619 g/mol. The summed E-state index contributed by atoms with van der Waals surface area (Å²) in [5.74, 6) is 5.58. The Kier molecular flexibility index (Phi) is 8.58. The van der Waals surface area contributed by atoms with Gasteiger partial charge in [-0.25, -0.2) is 0 Å². The summed E-state index contributed by atoms with van der Waals surface area (Å²) in [6.45, 7) is 19.8. The molecule has 2 aliphatic carbocycles. The molecule has 2 saturated carbocycles. The van der Waals surface area contributed by atoms with E-state index in [1.165, 1.54) is 47.2 Å². The minimum absolute atomic E-state index is 0.199. The molecule has 2 heteroatoms. The molecule has 0 spiro atoms. The van der Waals surface area contributed by atoms with E-state index in [1.807, 2.05) is 0 Å². The highest BCUT2D eigenvalue weighted by molar-refractivity contribution is 7.74. The molecule has 230 valence electrons. The van der Waals surface area contributed by atoms with Crippen molar-refractivity contribution in [3.63, 3.8) is 0 Å². The van der Waals surface area contributed by atoms with Crippen molar-refractivity contribution in [2.45, 2.75) is 103 Å². The van der Waals surface area contributed by atoms with Crippen molar-refractivity contribution in [3.8, 4) is 12.3 Å². The summed E-state index contributed by atoms with van der Waals surface area (Å²) in [4.78, 5) is 0. The van der Waals surface area contributed by atoms with Crippen molar-refractivity contribution in [3.05, 3.63) is 84.9 Å². The second-order valence-corrected chi connectivity index (χ2v) is 22.1. The second-order valence-electron chi connectivity index (χ2n) is 15.8. The Morgan fingerprint density at radius 1 is 0.795 bits per heavy atom. The second kappa shape index (κ2) is 11.9. The highest BCUT2D eigenvalue weighted by Gasteiger charge is 2.65. The molecule has 0 radical (unpaired) electrons. The van der Waals surface area contributed by atoms with E-state index in [4.69, 9.17) is 6.42 Å². The number of benzene rings is 4. The molecule has 44 heavy (non-hydrogen) atoms. The van der Waals surface area contributed by atoms with E-state index in [0.29, 0.717) is 23.2 Å². The van der Waals surface area contributed by atoms with Crippen molar-refractivity contribution in [1.82, 2.24) is 0 Å². The molecule has 2 fully saturated rings. The van der Waals surface area contributed by atoms with Crippen molar-refractivity contribution in [2.75, 3.05) is 0 Å². The standard InChI is InChI=1S/C42H52P2/c1-10-26-42-28-32(29(3)39(42)35(11-2)44(40(4,5)6)41(7,8)9)27-38(42)43(36-24-16-20-30-18-12-14-22-33(30)36)37-25-17-21-31-19-13-15-23-34(31)37/h2,12-25,29,32,35,38-39H,10,26-28H2,1,3-9H3. The molecule has 6 atom stereocenters. The first-order valence-corrected chi connectivity index (χ1v) is 19.7. The Labute approximate surface area is 270 Å². The highest BCUT2D eigenvalue weighted by Crippen LogP contribution is 2.76. The van der Waals surface area contributed by atoms with E-state index in [-0.39, 0.29) is 15.7 Å². The lowest BCUT2D eigenvalue weighted by Gasteiger charge is -2.55. The zero-order valence-corrected chi connectivity index (χ0v) is 30.1. The number of hydrogen-bond acceptors (Lipinski definition) is 0. The summed E-state index contributed by atoms with van der Waals surface area (Å²) < 4.78 is 0. The Morgan fingerprint density at radius 3 is 1.77 bits per heavy atom. The summed E-state index contributed by atoms with van der Waals surface area (Å²) in [5.41, 5.74) is 1.20. The van der Waals surface area contributed by atoms with Gasteiger partial charge in [-0.2, -0.15) is 0 Å². The molecule has 0 aromatic heterocycles. The van der Waals surface area contributed by atoms with Gasteiger partial charge in [-0.15, -0.1) is 6.42 Å². The van der Waals surface area contributed by atoms with Crippen LogP contribution < -0.4 is 10.6 Å². The van der Waals surface area contributed by atoms with Gasteiger partial charge in [-0.05, 0) is 98.5 Å². The highest BCUT2D eigenvalue weighted by atomic mass is 31.1. The van der Waals surface area contributed by atoms with Crippen LogP contribution in [0.1, 0.15) is 81.1 Å². The summed E-state index contributed by atoms with van der Waals surface area (Å²) in [6, 6.07) is 32.4. The summed E-state index contributed by atoms with van der Waals surface area (Å²) >= 11 is 0. The molecule has 2 bridgehead atoms. The monoisotopic (exact) mass is 618 g/mol. The quantitative estimate of drug-likeness (QED) is 0.143. The summed E-state index contributed by atoms with van der Waals surface area (Å²) in [5, 5.41) is 9.14. The Morgan fingerprint density at radius 2 is 1.30 bits per heavy atom. The lowest BCUT2D eigenvalue weighted by Crippen LogP contribution is -2.49. The van der Waals surface area contributed by atoms with Gasteiger partial charge in [0.15, 0.2) is 0 Å². The number of fused-ring (bicyclic) bond motifs is 4.